The Balaban J connectivity index is 1.95. The zero-order chi connectivity index (χ0) is 17.0. The van der Waals surface area contributed by atoms with Gasteiger partial charge in [-0.1, -0.05) is 39.3 Å². The minimum absolute atomic E-state index is 0.174. The molecule has 0 heterocycles. The highest BCUT2D eigenvalue weighted by atomic mass is 16.3. The van der Waals surface area contributed by atoms with E-state index in [0.29, 0.717) is 24.0 Å². The van der Waals surface area contributed by atoms with Crippen LogP contribution in [0.5, 0.6) is 0 Å². The highest BCUT2D eigenvalue weighted by Gasteiger charge is 2.57. The van der Waals surface area contributed by atoms with E-state index in [2.05, 4.69) is 33.8 Å². The van der Waals surface area contributed by atoms with Gasteiger partial charge in [-0.05, 0) is 49.4 Å². The second kappa shape index (κ2) is 5.42. The van der Waals surface area contributed by atoms with Crippen molar-refractivity contribution in [3.8, 4) is 0 Å². The minimum Gasteiger partial charge on any atom is -0.394 e. The largest absolute Gasteiger partial charge is 0.394 e. The Hall–Kier alpha value is -0.670. The highest BCUT2D eigenvalue weighted by molar-refractivity contribution is 5.85. The molecule has 0 aromatic rings. The second-order valence-corrected chi connectivity index (χ2v) is 9.26. The molecule has 0 amide bonds. The summed E-state index contributed by atoms with van der Waals surface area (Å²) < 4.78 is 0. The van der Waals surface area contributed by atoms with Crippen LogP contribution in [-0.2, 0) is 4.79 Å². The monoisotopic (exact) mass is 320 g/mol. The highest BCUT2D eigenvalue weighted by Crippen LogP contribution is 2.63. The van der Waals surface area contributed by atoms with Crippen LogP contribution in [0.4, 0.5) is 0 Å². The maximum absolute atomic E-state index is 12.4. The second-order valence-electron chi connectivity index (χ2n) is 9.26. The smallest absolute Gasteiger partial charge is 0.138 e. The number of Topliss-reactive ketones (excluding diaryl/α,β-unsaturated/α-hetero) is 1. The summed E-state index contributed by atoms with van der Waals surface area (Å²) in [5.74, 6) is 1.43. The van der Waals surface area contributed by atoms with Gasteiger partial charge in [0, 0.05) is 17.3 Å². The van der Waals surface area contributed by atoms with Crippen LogP contribution in [-0.4, -0.2) is 28.7 Å². The number of hydrogen-bond acceptors (Lipinski definition) is 3. The molecular weight excluding hydrogens is 288 g/mol. The van der Waals surface area contributed by atoms with Gasteiger partial charge in [0.2, 0.25) is 0 Å². The summed E-state index contributed by atoms with van der Waals surface area (Å²) in [6.45, 7) is 8.59. The quantitative estimate of drug-likeness (QED) is 0.766. The Morgan fingerprint density at radius 2 is 1.87 bits per heavy atom. The summed E-state index contributed by atoms with van der Waals surface area (Å²) in [4.78, 5) is 12.4. The summed E-state index contributed by atoms with van der Waals surface area (Å²) in [7, 11) is 0. The van der Waals surface area contributed by atoms with E-state index in [0.717, 1.165) is 32.1 Å². The Morgan fingerprint density at radius 3 is 2.52 bits per heavy atom. The average Bonchev–Trinajstić information content (AvgIpc) is 2.50. The molecule has 0 aromatic heterocycles. The number of rotatable bonds is 2. The van der Waals surface area contributed by atoms with Crippen LogP contribution in [0.1, 0.15) is 66.2 Å². The van der Waals surface area contributed by atoms with E-state index < -0.39 is 6.10 Å². The normalized spacial score (nSPS) is 44.1. The molecule has 3 nitrogen and oxygen atoms in total. The first kappa shape index (κ1) is 17.2. The lowest BCUT2D eigenvalue weighted by atomic mass is 9.45. The third-order valence-electron chi connectivity index (χ3n) is 7.66. The van der Waals surface area contributed by atoms with Gasteiger partial charge < -0.3 is 10.2 Å². The van der Waals surface area contributed by atoms with Crippen molar-refractivity contribution < 1.29 is 15.0 Å². The van der Waals surface area contributed by atoms with Crippen molar-refractivity contribution in [1.82, 2.24) is 0 Å². The molecule has 130 valence electrons. The van der Waals surface area contributed by atoms with Gasteiger partial charge in [0.25, 0.3) is 0 Å². The maximum Gasteiger partial charge on any atom is 0.138 e. The molecule has 3 rings (SSSR count). The van der Waals surface area contributed by atoms with Crippen LogP contribution < -0.4 is 0 Å². The third-order valence-corrected chi connectivity index (χ3v) is 7.66. The maximum atomic E-state index is 12.4. The van der Waals surface area contributed by atoms with E-state index in [1.54, 1.807) is 0 Å². The lowest BCUT2D eigenvalue weighted by molar-refractivity contribution is -0.145. The van der Waals surface area contributed by atoms with Gasteiger partial charge in [0.05, 0.1) is 12.7 Å². The van der Waals surface area contributed by atoms with Crippen LogP contribution in [0.3, 0.4) is 0 Å². The zero-order valence-electron chi connectivity index (χ0n) is 15.1. The number of aliphatic hydroxyl groups is 2. The van der Waals surface area contributed by atoms with Crippen LogP contribution in [0.25, 0.3) is 0 Å². The molecule has 5 atom stereocenters. The summed E-state index contributed by atoms with van der Waals surface area (Å²) in [5, 5.41) is 19.6. The number of ketones is 1. The molecule has 0 saturated heterocycles. The molecule has 3 aliphatic rings. The summed E-state index contributed by atoms with van der Waals surface area (Å²) in [5.41, 5.74) is 1.16. The summed E-state index contributed by atoms with van der Waals surface area (Å²) in [6, 6.07) is 0. The van der Waals surface area contributed by atoms with Crippen LogP contribution in [0, 0.1) is 28.1 Å². The minimum atomic E-state index is -0.675. The van der Waals surface area contributed by atoms with E-state index in [9.17, 15) is 15.0 Å². The van der Waals surface area contributed by atoms with Gasteiger partial charge in [-0.25, -0.2) is 0 Å². The van der Waals surface area contributed by atoms with Crippen molar-refractivity contribution in [2.45, 2.75) is 72.3 Å². The first-order valence-corrected chi connectivity index (χ1v) is 9.19. The molecule has 0 radical (unpaired) electrons. The first-order valence-electron chi connectivity index (χ1n) is 9.19. The van der Waals surface area contributed by atoms with Crippen molar-refractivity contribution in [3.63, 3.8) is 0 Å². The number of hydrogen-bond donors (Lipinski definition) is 2. The van der Waals surface area contributed by atoms with Gasteiger partial charge in [-0.3, -0.25) is 4.79 Å². The SMILES string of the molecule is CC1(C)C(=O)CC[C@@]2(C)C3CC[C@](C)([C@@H](O)CO)C=C3CC[C@@H]12. The Morgan fingerprint density at radius 1 is 1.17 bits per heavy atom. The van der Waals surface area contributed by atoms with Crippen molar-refractivity contribution >= 4 is 5.78 Å². The van der Waals surface area contributed by atoms with Crippen molar-refractivity contribution in [1.29, 1.82) is 0 Å². The van der Waals surface area contributed by atoms with E-state index in [-0.39, 0.29) is 22.9 Å². The van der Waals surface area contributed by atoms with Gasteiger partial charge in [-0.2, -0.15) is 0 Å². The Bertz CT molecular complexity index is 535. The van der Waals surface area contributed by atoms with Crippen LogP contribution in [0.2, 0.25) is 0 Å². The zero-order valence-corrected chi connectivity index (χ0v) is 15.1. The number of allylic oxidation sites excluding steroid dienone is 1. The average molecular weight is 320 g/mol. The fraction of sp³-hybridized carbons (Fsp3) is 0.850. The number of carbonyl (C=O) groups excluding carboxylic acids is 1. The molecule has 0 aliphatic heterocycles. The Labute approximate surface area is 140 Å². The standard InChI is InChI=1S/C20H32O3/c1-18(2)15-6-5-13-11-19(3,17(23)12-21)9-7-14(13)20(15,4)10-8-16(18)22/h11,14-15,17,21,23H,5-10,12H2,1-4H3/t14?,15-,17-,19-,20-/m0/s1. The Kier molecular flexibility index (Phi) is 4.04. The molecule has 3 heteroatoms. The van der Waals surface area contributed by atoms with Gasteiger partial charge in [0.15, 0.2) is 0 Å². The fourth-order valence-electron chi connectivity index (χ4n) is 6.02. The third kappa shape index (κ3) is 2.42. The van der Waals surface area contributed by atoms with Gasteiger partial charge >= 0.3 is 0 Å². The van der Waals surface area contributed by atoms with Crippen LogP contribution in [0.15, 0.2) is 11.6 Å². The van der Waals surface area contributed by atoms with Crippen molar-refractivity contribution in [2.24, 2.45) is 28.1 Å². The van der Waals surface area contributed by atoms with Crippen LogP contribution >= 0.6 is 0 Å². The predicted molar refractivity (Wildman–Crippen MR) is 90.9 cm³/mol. The van der Waals surface area contributed by atoms with E-state index in [1.807, 2.05) is 0 Å². The molecule has 23 heavy (non-hydrogen) atoms. The fourth-order valence-corrected chi connectivity index (χ4v) is 6.02. The molecule has 2 fully saturated rings. The predicted octanol–water partition coefficient (Wildman–Crippen LogP) is 3.49. The molecular formula is C20H32O3. The van der Waals surface area contributed by atoms with Crippen molar-refractivity contribution in [2.75, 3.05) is 6.61 Å². The lowest BCUT2D eigenvalue weighted by Gasteiger charge is -2.59. The molecule has 3 aliphatic carbocycles. The van der Waals surface area contributed by atoms with E-state index in [4.69, 9.17) is 0 Å². The van der Waals surface area contributed by atoms with Gasteiger partial charge in [0.1, 0.15) is 5.78 Å². The van der Waals surface area contributed by atoms with Gasteiger partial charge in [-0.15, -0.1) is 0 Å². The first-order chi connectivity index (χ1) is 10.6. The number of aliphatic hydroxyl groups excluding tert-OH is 2. The molecule has 2 N–H and O–H groups in total. The lowest BCUT2D eigenvalue weighted by Crippen LogP contribution is -2.54. The van der Waals surface area contributed by atoms with E-state index in [1.165, 1.54) is 5.57 Å². The number of fused-ring (bicyclic) bond motifs is 3. The molecule has 0 bridgehead atoms. The molecule has 0 spiro atoms. The summed E-state index contributed by atoms with van der Waals surface area (Å²) >= 11 is 0. The molecule has 2 saturated carbocycles. The van der Waals surface area contributed by atoms with E-state index >= 15 is 0 Å². The van der Waals surface area contributed by atoms with Crippen molar-refractivity contribution in [3.05, 3.63) is 11.6 Å². The topological polar surface area (TPSA) is 57.5 Å². The molecule has 1 unspecified atom stereocenters. The number of carbonyl (C=O) groups is 1. The molecule has 0 aromatic carbocycles. The summed E-state index contributed by atoms with van der Waals surface area (Å²) in [6.07, 6.45) is 7.40.